The van der Waals surface area contributed by atoms with E-state index in [-0.39, 0.29) is 11.7 Å². The van der Waals surface area contributed by atoms with Crippen molar-refractivity contribution in [3.05, 3.63) is 94.5 Å². The SMILES string of the molecule is COC(=O)c1cccc(CC2Cc3c(cccc3-c3cccc(C(F)(F)F)c3)C2=O)c1. The van der Waals surface area contributed by atoms with Crippen molar-refractivity contribution in [3.8, 4) is 11.1 Å². The van der Waals surface area contributed by atoms with Gasteiger partial charge < -0.3 is 4.74 Å². The molecule has 0 amide bonds. The zero-order chi connectivity index (χ0) is 22.2. The van der Waals surface area contributed by atoms with Crippen LogP contribution in [-0.4, -0.2) is 18.9 Å². The predicted octanol–water partition coefficient (Wildman–Crippen LogP) is 5.76. The van der Waals surface area contributed by atoms with Gasteiger partial charge >= 0.3 is 12.1 Å². The molecule has 4 rings (SSSR count). The maximum absolute atomic E-state index is 13.2. The lowest BCUT2D eigenvalue weighted by Gasteiger charge is -2.12. The Morgan fingerprint density at radius 2 is 1.71 bits per heavy atom. The van der Waals surface area contributed by atoms with Gasteiger partial charge in [-0.05, 0) is 59.4 Å². The molecule has 0 saturated carbocycles. The summed E-state index contributed by atoms with van der Waals surface area (Å²) >= 11 is 0. The first-order valence-corrected chi connectivity index (χ1v) is 9.79. The van der Waals surface area contributed by atoms with Crippen LogP contribution < -0.4 is 0 Å². The lowest BCUT2D eigenvalue weighted by atomic mass is 9.93. The highest BCUT2D eigenvalue weighted by molar-refractivity contribution is 6.04. The second-order valence-electron chi connectivity index (χ2n) is 7.57. The van der Waals surface area contributed by atoms with Crippen molar-refractivity contribution < 1.29 is 27.5 Å². The van der Waals surface area contributed by atoms with Crippen LogP contribution in [0.5, 0.6) is 0 Å². The zero-order valence-corrected chi connectivity index (χ0v) is 16.7. The Bertz CT molecular complexity index is 1160. The van der Waals surface area contributed by atoms with Gasteiger partial charge in [0.1, 0.15) is 0 Å². The topological polar surface area (TPSA) is 43.4 Å². The third-order valence-electron chi connectivity index (χ3n) is 5.59. The molecule has 1 aliphatic rings. The number of methoxy groups -OCH3 is 1. The molecule has 1 aliphatic carbocycles. The summed E-state index contributed by atoms with van der Waals surface area (Å²) in [5.41, 5.74) is 2.91. The van der Waals surface area contributed by atoms with E-state index in [0.29, 0.717) is 35.1 Å². The van der Waals surface area contributed by atoms with Crippen LogP contribution in [0.2, 0.25) is 0 Å². The quantitative estimate of drug-likeness (QED) is 0.501. The molecule has 0 N–H and O–H groups in total. The summed E-state index contributed by atoms with van der Waals surface area (Å²) in [7, 11) is 1.31. The van der Waals surface area contributed by atoms with E-state index >= 15 is 0 Å². The lowest BCUT2D eigenvalue weighted by Crippen LogP contribution is -2.12. The predicted molar refractivity (Wildman–Crippen MR) is 110 cm³/mol. The van der Waals surface area contributed by atoms with E-state index in [9.17, 15) is 22.8 Å². The molecule has 0 aliphatic heterocycles. The Hall–Kier alpha value is -3.41. The first-order valence-electron chi connectivity index (χ1n) is 9.79. The summed E-state index contributed by atoms with van der Waals surface area (Å²) in [6, 6.07) is 17.3. The van der Waals surface area contributed by atoms with Crippen LogP contribution in [0.1, 0.15) is 37.4 Å². The molecule has 0 aromatic heterocycles. The van der Waals surface area contributed by atoms with E-state index in [1.54, 1.807) is 42.5 Å². The highest BCUT2D eigenvalue weighted by Crippen LogP contribution is 2.38. The van der Waals surface area contributed by atoms with Crippen molar-refractivity contribution in [2.45, 2.75) is 19.0 Å². The molecule has 0 bridgehead atoms. The molecule has 3 aromatic carbocycles. The number of ether oxygens (including phenoxy) is 1. The molecule has 6 heteroatoms. The minimum absolute atomic E-state index is 0.0349. The van der Waals surface area contributed by atoms with Crippen molar-refractivity contribution in [1.82, 2.24) is 0 Å². The Balaban J connectivity index is 1.64. The average molecular weight is 424 g/mol. The van der Waals surface area contributed by atoms with Crippen molar-refractivity contribution in [1.29, 1.82) is 0 Å². The largest absolute Gasteiger partial charge is 0.465 e. The van der Waals surface area contributed by atoms with E-state index in [0.717, 1.165) is 23.3 Å². The summed E-state index contributed by atoms with van der Waals surface area (Å²) in [5, 5.41) is 0. The highest BCUT2D eigenvalue weighted by Gasteiger charge is 2.34. The Morgan fingerprint density at radius 1 is 1.00 bits per heavy atom. The molecule has 1 atom stereocenters. The molecule has 3 aromatic rings. The number of carbonyl (C=O) groups excluding carboxylic acids is 2. The Kier molecular flexibility index (Phi) is 5.39. The number of esters is 1. The standard InChI is InChI=1S/C25H19F3O3/c1-31-24(30)17-7-2-5-15(11-17)12-18-14-22-20(9-4-10-21(22)23(18)29)16-6-3-8-19(13-16)25(26,27)28/h2-11,13,18H,12,14H2,1H3. The van der Waals surface area contributed by atoms with Gasteiger partial charge in [0.2, 0.25) is 0 Å². The van der Waals surface area contributed by atoms with Gasteiger partial charge in [-0.2, -0.15) is 13.2 Å². The minimum atomic E-state index is -4.43. The van der Waals surface area contributed by atoms with Gasteiger partial charge in [-0.1, -0.05) is 42.5 Å². The van der Waals surface area contributed by atoms with E-state index in [1.807, 2.05) is 6.07 Å². The second kappa shape index (κ2) is 8.02. The Labute approximate surface area is 177 Å². The van der Waals surface area contributed by atoms with Gasteiger partial charge in [-0.3, -0.25) is 4.79 Å². The van der Waals surface area contributed by atoms with Gasteiger partial charge in [0.25, 0.3) is 0 Å². The van der Waals surface area contributed by atoms with E-state index in [1.165, 1.54) is 13.2 Å². The number of benzene rings is 3. The summed E-state index contributed by atoms with van der Waals surface area (Å²) in [6.45, 7) is 0. The van der Waals surface area contributed by atoms with Crippen LogP contribution in [0, 0.1) is 5.92 Å². The normalized spacial score (nSPS) is 15.6. The molecule has 0 spiro atoms. The van der Waals surface area contributed by atoms with E-state index in [4.69, 9.17) is 4.74 Å². The minimum Gasteiger partial charge on any atom is -0.465 e. The van der Waals surface area contributed by atoms with Gasteiger partial charge in [0, 0.05) is 11.5 Å². The maximum Gasteiger partial charge on any atom is 0.416 e. The third-order valence-corrected chi connectivity index (χ3v) is 5.59. The number of hydrogen-bond donors (Lipinski definition) is 0. The summed E-state index contributed by atoms with van der Waals surface area (Å²) in [4.78, 5) is 24.8. The van der Waals surface area contributed by atoms with Crippen LogP contribution in [-0.2, 0) is 23.8 Å². The number of carbonyl (C=O) groups is 2. The molecule has 31 heavy (non-hydrogen) atoms. The molecular formula is C25H19F3O3. The number of rotatable bonds is 4. The smallest absolute Gasteiger partial charge is 0.416 e. The van der Waals surface area contributed by atoms with Crippen molar-refractivity contribution in [3.63, 3.8) is 0 Å². The van der Waals surface area contributed by atoms with Crippen LogP contribution in [0.4, 0.5) is 13.2 Å². The van der Waals surface area contributed by atoms with Gasteiger partial charge in [0.05, 0.1) is 18.2 Å². The van der Waals surface area contributed by atoms with Crippen LogP contribution in [0.3, 0.4) is 0 Å². The zero-order valence-electron chi connectivity index (χ0n) is 16.7. The number of Topliss-reactive ketones (excluding diaryl/α,β-unsaturated/α-hetero) is 1. The maximum atomic E-state index is 13.2. The van der Waals surface area contributed by atoms with Crippen LogP contribution in [0.25, 0.3) is 11.1 Å². The number of alkyl halides is 3. The molecule has 3 nitrogen and oxygen atoms in total. The van der Waals surface area contributed by atoms with E-state index < -0.39 is 17.7 Å². The first-order chi connectivity index (χ1) is 14.8. The molecule has 1 unspecified atom stereocenters. The summed E-state index contributed by atoms with van der Waals surface area (Å²) in [6.07, 6.45) is -3.57. The fraction of sp³-hybridized carbons (Fsp3) is 0.200. The number of halogens is 3. The molecule has 158 valence electrons. The molecular weight excluding hydrogens is 405 g/mol. The van der Waals surface area contributed by atoms with E-state index in [2.05, 4.69) is 0 Å². The van der Waals surface area contributed by atoms with Crippen LogP contribution in [0.15, 0.2) is 66.7 Å². The van der Waals surface area contributed by atoms with Gasteiger partial charge in [-0.25, -0.2) is 4.79 Å². The first kappa shape index (κ1) is 20.8. The van der Waals surface area contributed by atoms with Crippen molar-refractivity contribution in [2.75, 3.05) is 7.11 Å². The number of fused-ring (bicyclic) bond motifs is 1. The number of hydrogen-bond acceptors (Lipinski definition) is 3. The summed E-state index contributed by atoms with van der Waals surface area (Å²) < 4.78 is 44.2. The highest BCUT2D eigenvalue weighted by atomic mass is 19.4. The van der Waals surface area contributed by atoms with Gasteiger partial charge in [-0.15, -0.1) is 0 Å². The van der Waals surface area contributed by atoms with Crippen molar-refractivity contribution in [2.24, 2.45) is 5.92 Å². The molecule has 0 heterocycles. The third kappa shape index (κ3) is 4.10. The Morgan fingerprint density at radius 3 is 2.45 bits per heavy atom. The molecule has 0 saturated heterocycles. The second-order valence-corrected chi connectivity index (χ2v) is 7.57. The average Bonchev–Trinajstić information content (AvgIpc) is 3.08. The lowest BCUT2D eigenvalue weighted by molar-refractivity contribution is -0.137. The van der Waals surface area contributed by atoms with Crippen molar-refractivity contribution >= 4 is 11.8 Å². The summed E-state index contributed by atoms with van der Waals surface area (Å²) in [5.74, 6) is -0.822. The molecule has 0 fully saturated rings. The monoisotopic (exact) mass is 424 g/mol. The fourth-order valence-corrected chi connectivity index (χ4v) is 4.12. The van der Waals surface area contributed by atoms with Gasteiger partial charge in [0.15, 0.2) is 5.78 Å². The number of ketones is 1. The molecule has 0 radical (unpaired) electrons. The van der Waals surface area contributed by atoms with Crippen LogP contribution >= 0.6 is 0 Å². The fourth-order valence-electron chi connectivity index (χ4n) is 4.12.